The van der Waals surface area contributed by atoms with Crippen molar-refractivity contribution in [2.75, 3.05) is 11.9 Å². The Morgan fingerprint density at radius 3 is 2.81 bits per heavy atom. The Kier molecular flexibility index (Phi) is 3.64. The molecule has 0 saturated carbocycles. The summed E-state index contributed by atoms with van der Waals surface area (Å²) in [5, 5.41) is 3.07. The molecule has 0 fully saturated rings. The lowest BCUT2D eigenvalue weighted by molar-refractivity contribution is -0.136. The fourth-order valence-electron chi connectivity index (χ4n) is 3.61. The third-order valence-electron chi connectivity index (χ3n) is 4.79. The topological polar surface area (TPSA) is 93.2 Å². The molecule has 7 nitrogen and oxygen atoms in total. The Hall–Kier alpha value is -3.35. The van der Waals surface area contributed by atoms with Gasteiger partial charge in [-0.05, 0) is 18.1 Å². The summed E-state index contributed by atoms with van der Waals surface area (Å²) >= 11 is 0. The van der Waals surface area contributed by atoms with E-state index in [0.717, 1.165) is 11.1 Å². The van der Waals surface area contributed by atoms with Crippen LogP contribution in [0.1, 0.15) is 22.6 Å². The second-order valence-electron chi connectivity index (χ2n) is 6.30. The van der Waals surface area contributed by atoms with Gasteiger partial charge in [-0.3, -0.25) is 14.3 Å². The van der Waals surface area contributed by atoms with Gasteiger partial charge >= 0.3 is 11.7 Å². The molecule has 132 valence electrons. The number of carbonyl (C=O) groups excluding carboxylic acids is 1. The van der Waals surface area contributed by atoms with Crippen molar-refractivity contribution in [3.05, 3.63) is 85.7 Å². The third-order valence-corrected chi connectivity index (χ3v) is 4.79. The van der Waals surface area contributed by atoms with Gasteiger partial charge in [0.15, 0.2) is 0 Å². The summed E-state index contributed by atoms with van der Waals surface area (Å²) < 4.78 is 6.60. The van der Waals surface area contributed by atoms with Gasteiger partial charge in [0.05, 0.1) is 22.8 Å². The normalized spacial score (nSPS) is 18.0. The van der Waals surface area contributed by atoms with E-state index < -0.39 is 23.1 Å². The Bertz CT molecular complexity index is 1090. The number of carbonyl (C=O) groups is 1. The molecule has 1 atom stereocenters. The molecule has 1 unspecified atom stereocenters. The quantitative estimate of drug-likeness (QED) is 0.644. The van der Waals surface area contributed by atoms with Gasteiger partial charge in [-0.2, -0.15) is 0 Å². The van der Waals surface area contributed by atoms with Gasteiger partial charge in [0.1, 0.15) is 12.4 Å². The Morgan fingerprint density at radius 1 is 1.31 bits per heavy atom. The van der Waals surface area contributed by atoms with Crippen LogP contribution in [-0.2, 0) is 16.1 Å². The highest BCUT2D eigenvalue weighted by molar-refractivity contribution is 5.97. The maximum atomic E-state index is 12.7. The van der Waals surface area contributed by atoms with Gasteiger partial charge in [-0.15, -0.1) is 6.58 Å². The minimum absolute atomic E-state index is 0.0884. The maximum absolute atomic E-state index is 12.7. The van der Waals surface area contributed by atoms with Crippen LogP contribution in [0.4, 0.5) is 5.82 Å². The summed E-state index contributed by atoms with van der Waals surface area (Å²) in [6.07, 6.45) is 1.57. The molecule has 2 aliphatic rings. The number of anilines is 1. The molecule has 2 N–H and O–H groups in total. The van der Waals surface area contributed by atoms with Crippen LogP contribution in [-0.4, -0.2) is 22.1 Å². The molecule has 0 radical (unpaired) electrons. The predicted molar refractivity (Wildman–Crippen MR) is 96.1 cm³/mol. The van der Waals surface area contributed by atoms with Crippen LogP contribution in [0.5, 0.6) is 0 Å². The number of nitrogens with zero attached hydrogens (tertiary/aromatic N) is 1. The van der Waals surface area contributed by atoms with E-state index >= 15 is 0 Å². The number of aromatic nitrogens is 2. The largest absolute Gasteiger partial charge is 0.456 e. The number of aromatic amines is 1. The van der Waals surface area contributed by atoms with E-state index in [-0.39, 0.29) is 13.2 Å². The first kappa shape index (κ1) is 16.1. The van der Waals surface area contributed by atoms with Gasteiger partial charge in [-0.1, -0.05) is 30.3 Å². The summed E-state index contributed by atoms with van der Waals surface area (Å²) in [6.45, 7) is 5.90. The number of cyclic esters (lactones) is 1. The van der Waals surface area contributed by atoms with Crippen LogP contribution in [0.25, 0.3) is 0 Å². The summed E-state index contributed by atoms with van der Waals surface area (Å²) in [5.41, 5.74) is 2.06. The SMILES string of the molecule is C=CCn1c2c(c(=O)[nH]c1=O)C(c1ccccc1C)C1=C(COC1=O)N2. The highest BCUT2D eigenvalue weighted by atomic mass is 16.5. The minimum Gasteiger partial charge on any atom is -0.456 e. The van der Waals surface area contributed by atoms with Crippen LogP contribution < -0.4 is 16.6 Å². The first-order valence-corrected chi connectivity index (χ1v) is 8.23. The number of allylic oxidation sites excluding steroid dienone is 1. The molecule has 2 aliphatic heterocycles. The van der Waals surface area contributed by atoms with Gasteiger partial charge in [0.2, 0.25) is 0 Å². The van der Waals surface area contributed by atoms with E-state index in [1.807, 2.05) is 31.2 Å². The maximum Gasteiger partial charge on any atom is 0.337 e. The van der Waals surface area contributed by atoms with Crippen LogP contribution in [0.2, 0.25) is 0 Å². The van der Waals surface area contributed by atoms with E-state index in [9.17, 15) is 14.4 Å². The summed E-state index contributed by atoms with van der Waals surface area (Å²) in [4.78, 5) is 39.7. The molecule has 0 aliphatic carbocycles. The molecule has 4 rings (SSSR count). The predicted octanol–water partition coefficient (Wildman–Crippen LogP) is 1.40. The molecule has 1 aromatic heterocycles. The number of fused-ring (bicyclic) bond motifs is 1. The zero-order valence-electron chi connectivity index (χ0n) is 14.2. The first-order valence-electron chi connectivity index (χ1n) is 8.23. The molecule has 1 aromatic carbocycles. The highest BCUT2D eigenvalue weighted by Gasteiger charge is 2.41. The molecule has 0 spiro atoms. The summed E-state index contributed by atoms with van der Waals surface area (Å²) in [7, 11) is 0. The van der Waals surface area contributed by atoms with Crippen LogP contribution in [0, 0.1) is 6.92 Å². The Morgan fingerprint density at radius 2 is 2.08 bits per heavy atom. The number of aryl methyl sites for hydroxylation is 1. The molecular formula is C19H17N3O4. The summed E-state index contributed by atoms with van der Waals surface area (Å²) in [5.74, 6) is -0.672. The van der Waals surface area contributed by atoms with E-state index in [0.29, 0.717) is 22.7 Å². The second-order valence-corrected chi connectivity index (χ2v) is 6.30. The van der Waals surface area contributed by atoms with E-state index in [1.54, 1.807) is 6.08 Å². The lowest BCUT2D eigenvalue weighted by Crippen LogP contribution is -2.38. The lowest BCUT2D eigenvalue weighted by Gasteiger charge is -2.28. The van der Waals surface area contributed by atoms with Gasteiger partial charge in [0, 0.05) is 6.54 Å². The molecule has 2 aromatic rings. The Balaban J connectivity index is 2.08. The molecule has 0 bridgehead atoms. The van der Waals surface area contributed by atoms with Gasteiger partial charge in [0.25, 0.3) is 5.56 Å². The zero-order valence-corrected chi connectivity index (χ0v) is 14.2. The number of esters is 1. The van der Waals surface area contributed by atoms with Crippen molar-refractivity contribution < 1.29 is 9.53 Å². The average molecular weight is 351 g/mol. The van der Waals surface area contributed by atoms with Crippen molar-refractivity contribution in [2.24, 2.45) is 0 Å². The highest BCUT2D eigenvalue weighted by Crippen LogP contribution is 2.43. The van der Waals surface area contributed by atoms with Gasteiger partial charge in [-0.25, -0.2) is 9.59 Å². The zero-order chi connectivity index (χ0) is 18.4. The second kappa shape index (κ2) is 5.87. The molecule has 7 heteroatoms. The smallest absolute Gasteiger partial charge is 0.337 e. The fourth-order valence-corrected chi connectivity index (χ4v) is 3.61. The summed E-state index contributed by atoms with van der Waals surface area (Å²) in [6, 6.07) is 7.56. The van der Waals surface area contributed by atoms with Crippen molar-refractivity contribution in [3.63, 3.8) is 0 Å². The number of ether oxygens (including phenoxy) is 1. The number of hydrogen-bond donors (Lipinski definition) is 2. The molecule has 0 amide bonds. The van der Waals surface area contributed by atoms with E-state index in [1.165, 1.54) is 4.57 Å². The van der Waals surface area contributed by atoms with Crippen molar-refractivity contribution >= 4 is 11.8 Å². The van der Waals surface area contributed by atoms with E-state index in [4.69, 9.17) is 4.74 Å². The first-order chi connectivity index (χ1) is 12.5. The third kappa shape index (κ3) is 2.24. The van der Waals surface area contributed by atoms with Crippen molar-refractivity contribution in [3.8, 4) is 0 Å². The molecular weight excluding hydrogens is 334 g/mol. The number of H-pyrrole nitrogens is 1. The molecule has 3 heterocycles. The fraction of sp³-hybridized carbons (Fsp3) is 0.211. The van der Waals surface area contributed by atoms with Crippen molar-refractivity contribution in [1.29, 1.82) is 0 Å². The molecule has 26 heavy (non-hydrogen) atoms. The Labute approximate surface area is 148 Å². The number of hydrogen-bond acceptors (Lipinski definition) is 5. The lowest BCUT2D eigenvalue weighted by atomic mass is 9.81. The number of nitrogens with one attached hydrogen (secondary N) is 2. The molecule has 0 saturated heterocycles. The van der Waals surface area contributed by atoms with Crippen molar-refractivity contribution in [2.45, 2.75) is 19.4 Å². The van der Waals surface area contributed by atoms with Crippen molar-refractivity contribution in [1.82, 2.24) is 9.55 Å². The standard InChI is InChI=1S/C19H17N3O4/c1-3-8-22-16-15(17(23)21-19(22)25)13(11-7-5-4-6-10(11)2)14-12(20-16)9-26-18(14)24/h3-7,13,20H,1,8-9H2,2H3,(H,21,23,25). The van der Waals surface area contributed by atoms with Crippen LogP contribution in [0.3, 0.4) is 0 Å². The van der Waals surface area contributed by atoms with Crippen LogP contribution in [0.15, 0.2) is 57.8 Å². The van der Waals surface area contributed by atoms with E-state index in [2.05, 4.69) is 16.9 Å². The number of rotatable bonds is 3. The minimum atomic E-state index is -0.599. The average Bonchev–Trinajstić information content (AvgIpc) is 2.98. The monoisotopic (exact) mass is 351 g/mol. The number of benzene rings is 1. The van der Waals surface area contributed by atoms with Crippen LogP contribution >= 0.6 is 0 Å². The van der Waals surface area contributed by atoms with Gasteiger partial charge < -0.3 is 10.1 Å².